The number of hydrogen-bond acceptors (Lipinski definition) is 6. The lowest BCUT2D eigenvalue weighted by molar-refractivity contribution is -0.126. The highest BCUT2D eigenvalue weighted by Crippen LogP contribution is 2.25. The molecule has 34 heavy (non-hydrogen) atoms. The summed E-state index contributed by atoms with van der Waals surface area (Å²) in [6, 6.07) is 12.0. The van der Waals surface area contributed by atoms with Crippen LogP contribution in [0.5, 0.6) is 0 Å². The van der Waals surface area contributed by atoms with Crippen LogP contribution in [0.15, 0.2) is 47.4 Å². The molecule has 4 rings (SSSR count). The molecule has 1 aliphatic carbocycles. The minimum atomic E-state index is -4.12. The van der Waals surface area contributed by atoms with Gasteiger partial charge in [-0.1, -0.05) is 30.3 Å². The molecule has 0 bridgehead atoms. The van der Waals surface area contributed by atoms with Gasteiger partial charge in [0, 0.05) is 25.7 Å². The van der Waals surface area contributed by atoms with Crippen molar-refractivity contribution >= 4 is 38.4 Å². The van der Waals surface area contributed by atoms with Gasteiger partial charge in [-0.05, 0) is 35.7 Å². The Balaban J connectivity index is 1.48. The van der Waals surface area contributed by atoms with Crippen molar-refractivity contribution < 1.29 is 22.7 Å². The maximum atomic E-state index is 13.5. The van der Waals surface area contributed by atoms with Gasteiger partial charge in [0.15, 0.2) is 21.0 Å². The van der Waals surface area contributed by atoms with E-state index in [4.69, 9.17) is 15.9 Å². The van der Waals surface area contributed by atoms with Crippen LogP contribution in [0, 0.1) is 5.41 Å². The summed E-state index contributed by atoms with van der Waals surface area (Å²) in [4.78, 5) is 27.3. The molecule has 2 unspecified atom stereocenters. The number of nitrogens with zero attached hydrogens (tertiary/aromatic N) is 1. The Kier molecular flexibility index (Phi) is 7.03. The normalized spacial score (nSPS) is 19.4. The van der Waals surface area contributed by atoms with Gasteiger partial charge in [0.1, 0.15) is 0 Å². The van der Waals surface area contributed by atoms with E-state index in [1.54, 1.807) is 17.0 Å². The lowest BCUT2D eigenvalue weighted by Gasteiger charge is -2.33. The van der Waals surface area contributed by atoms with E-state index in [1.165, 1.54) is 12.1 Å². The molecule has 0 spiro atoms. The molecule has 1 heterocycles. The Morgan fingerprint density at radius 3 is 2.62 bits per heavy atom. The first kappa shape index (κ1) is 24.0. The molecular formula is C23H29N5O5S. The maximum absolute atomic E-state index is 13.5. The Hall–Kier alpha value is -3.18. The average molecular weight is 488 g/mol. The smallest absolute Gasteiger partial charge is 0.239 e. The van der Waals surface area contributed by atoms with E-state index < -0.39 is 39.4 Å². The number of guanidine groups is 1. The first-order valence-electron chi connectivity index (χ1n) is 11.2. The molecule has 1 saturated carbocycles. The largest absolute Gasteiger partial charge is 0.373 e. The van der Waals surface area contributed by atoms with Crippen LogP contribution in [0.2, 0.25) is 0 Å². The highest BCUT2D eigenvalue weighted by atomic mass is 32.2. The second kappa shape index (κ2) is 9.98. The van der Waals surface area contributed by atoms with Gasteiger partial charge in [-0.2, -0.15) is 0 Å². The minimum Gasteiger partial charge on any atom is -0.373 e. The number of carbonyl (C=O) groups is 2. The molecular weight excluding hydrogens is 458 g/mol. The van der Waals surface area contributed by atoms with Crippen LogP contribution in [0.1, 0.15) is 19.3 Å². The van der Waals surface area contributed by atoms with Crippen molar-refractivity contribution in [3.63, 3.8) is 0 Å². The molecule has 0 radical (unpaired) electrons. The van der Waals surface area contributed by atoms with Crippen molar-refractivity contribution in [3.8, 4) is 0 Å². The lowest BCUT2D eigenvalue weighted by atomic mass is 10.1. The monoisotopic (exact) mass is 487 g/mol. The Morgan fingerprint density at radius 1 is 1.18 bits per heavy atom. The molecule has 2 amide bonds. The van der Waals surface area contributed by atoms with E-state index in [-0.39, 0.29) is 23.4 Å². The first-order valence-corrected chi connectivity index (χ1v) is 12.8. The van der Waals surface area contributed by atoms with E-state index >= 15 is 0 Å². The summed E-state index contributed by atoms with van der Waals surface area (Å²) >= 11 is 0. The summed E-state index contributed by atoms with van der Waals surface area (Å²) in [5.41, 5.74) is 5.52. The van der Waals surface area contributed by atoms with Crippen molar-refractivity contribution in [2.45, 2.75) is 41.6 Å². The fourth-order valence-corrected chi connectivity index (χ4v) is 5.50. The highest BCUT2D eigenvalue weighted by Gasteiger charge is 2.38. The number of morpholine rings is 1. The van der Waals surface area contributed by atoms with Gasteiger partial charge >= 0.3 is 0 Å². The predicted molar refractivity (Wildman–Crippen MR) is 127 cm³/mol. The van der Waals surface area contributed by atoms with E-state index in [1.807, 2.05) is 18.2 Å². The van der Waals surface area contributed by atoms with Crippen LogP contribution in [-0.2, 0) is 24.2 Å². The van der Waals surface area contributed by atoms with Gasteiger partial charge in [-0.15, -0.1) is 0 Å². The van der Waals surface area contributed by atoms with E-state index in [0.717, 1.165) is 23.6 Å². The molecule has 10 nitrogen and oxygen atoms in total. The van der Waals surface area contributed by atoms with Crippen molar-refractivity contribution in [2.75, 3.05) is 26.2 Å². The molecule has 2 aromatic carbocycles. The molecule has 2 aliphatic rings. The zero-order valence-corrected chi connectivity index (χ0v) is 19.5. The maximum Gasteiger partial charge on any atom is 0.239 e. The highest BCUT2D eigenvalue weighted by molar-refractivity contribution is 7.92. The summed E-state index contributed by atoms with van der Waals surface area (Å²) < 4.78 is 32.5. The minimum absolute atomic E-state index is 0.00246. The van der Waals surface area contributed by atoms with Gasteiger partial charge in [-0.25, -0.2) is 8.42 Å². The topological polar surface area (TPSA) is 155 Å². The molecule has 11 heteroatoms. The number of amides is 2. The van der Waals surface area contributed by atoms with Gasteiger partial charge in [0.05, 0.1) is 24.0 Å². The zero-order chi connectivity index (χ0) is 24.3. The molecule has 182 valence electrons. The molecule has 1 aliphatic heterocycles. The third-order valence-electron chi connectivity index (χ3n) is 6.02. The molecule has 1 saturated heterocycles. The van der Waals surface area contributed by atoms with Crippen LogP contribution < -0.4 is 16.4 Å². The fourth-order valence-electron chi connectivity index (χ4n) is 3.90. The van der Waals surface area contributed by atoms with Crippen molar-refractivity contribution in [1.82, 2.24) is 15.5 Å². The van der Waals surface area contributed by atoms with Crippen LogP contribution in [0.3, 0.4) is 0 Å². The van der Waals surface area contributed by atoms with Crippen LogP contribution in [-0.4, -0.2) is 74.7 Å². The number of nitrogens with one attached hydrogen (secondary N) is 3. The SMILES string of the molecule is N=C(N)N1CCOC(CNC(=O)CC(C(=O)NC2CC2)S(=O)(=O)c2ccc3ccccc3c2)C1. The molecule has 0 aromatic heterocycles. The van der Waals surface area contributed by atoms with Crippen LogP contribution >= 0.6 is 0 Å². The molecule has 2 aromatic rings. The number of rotatable bonds is 8. The summed E-state index contributed by atoms with van der Waals surface area (Å²) in [6.45, 7) is 1.32. The van der Waals surface area contributed by atoms with Crippen molar-refractivity contribution in [3.05, 3.63) is 42.5 Å². The van der Waals surface area contributed by atoms with E-state index in [9.17, 15) is 18.0 Å². The Morgan fingerprint density at radius 2 is 1.91 bits per heavy atom. The second-order valence-corrected chi connectivity index (χ2v) is 10.8. The molecule has 5 N–H and O–H groups in total. The first-order chi connectivity index (χ1) is 16.2. The van der Waals surface area contributed by atoms with Gasteiger partial charge in [-0.3, -0.25) is 15.0 Å². The fraction of sp³-hybridized carbons (Fsp3) is 0.435. The number of sulfone groups is 1. The molecule has 2 fully saturated rings. The van der Waals surface area contributed by atoms with E-state index in [0.29, 0.717) is 19.7 Å². The number of ether oxygens (including phenoxy) is 1. The quantitative estimate of drug-likeness (QED) is 0.310. The number of hydrogen-bond donors (Lipinski definition) is 4. The van der Waals surface area contributed by atoms with Gasteiger partial charge in [0.25, 0.3) is 0 Å². The van der Waals surface area contributed by atoms with Crippen LogP contribution in [0.4, 0.5) is 0 Å². The Bertz CT molecular complexity index is 1200. The summed E-state index contributed by atoms with van der Waals surface area (Å²) in [6.07, 6.45) is 0.702. The van der Waals surface area contributed by atoms with Gasteiger partial charge < -0.3 is 26.0 Å². The molecule has 2 atom stereocenters. The van der Waals surface area contributed by atoms with Crippen molar-refractivity contribution in [1.29, 1.82) is 5.41 Å². The van der Waals surface area contributed by atoms with E-state index in [2.05, 4.69) is 10.6 Å². The predicted octanol–water partition coefficient (Wildman–Crippen LogP) is 0.361. The average Bonchev–Trinajstić information content (AvgIpc) is 3.64. The number of fused-ring (bicyclic) bond motifs is 1. The van der Waals surface area contributed by atoms with Crippen LogP contribution in [0.25, 0.3) is 10.8 Å². The zero-order valence-electron chi connectivity index (χ0n) is 18.7. The summed E-state index contributed by atoms with van der Waals surface area (Å²) in [5.74, 6) is -1.30. The third-order valence-corrected chi connectivity index (χ3v) is 8.06. The summed E-state index contributed by atoms with van der Waals surface area (Å²) in [5, 5.41) is 13.0. The van der Waals surface area contributed by atoms with Gasteiger partial charge in [0.2, 0.25) is 11.8 Å². The lowest BCUT2D eigenvalue weighted by Crippen LogP contribution is -2.52. The number of nitrogens with two attached hydrogens (primary N) is 1. The van der Waals surface area contributed by atoms with Crippen molar-refractivity contribution in [2.24, 2.45) is 5.73 Å². The Labute approximate surface area is 198 Å². The number of carbonyl (C=O) groups excluding carboxylic acids is 2. The number of benzene rings is 2. The third kappa shape index (κ3) is 5.65. The standard InChI is InChI=1S/C23H29N5O5S/c24-23(25)28-9-10-33-18(14-28)13-26-21(29)12-20(22(30)27-17-6-7-17)34(31,32)19-8-5-15-3-1-2-4-16(15)11-19/h1-5,8,11,17-18,20H,6-7,9-10,12-14H2,(H3,24,25)(H,26,29)(H,27,30). The summed E-state index contributed by atoms with van der Waals surface area (Å²) in [7, 11) is -4.12. The second-order valence-electron chi connectivity index (χ2n) is 8.66.